The lowest BCUT2D eigenvalue weighted by Gasteiger charge is -2.45. The van der Waals surface area contributed by atoms with E-state index in [0.29, 0.717) is 17.4 Å². The van der Waals surface area contributed by atoms with Crippen molar-refractivity contribution >= 4 is 0 Å². The van der Waals surface area contributed by atoms with Crippen LogP contribution >= 0.6 is 0 Å². The zero-order valence-electron chi connectivity index (χ0n) is 13.5. The molecule has 1 aromatic heterocycles. The predicted octanol–water partition coefficient (Wildman–Crippen LogP) is 0.241. The number of aromatic nitrogens is 2. The second kappa shape index (κ2) is 5.33. The van der Waals surface area contributed by atoms with Gasteiger partial charge in [-0.1, -0.05) is 20.3 Å². The molecule has 3 heterocycles. The Bertz CT molecular complexity index is 656. The van der Waals surface area contributed by atoms with E-state index in [0.717, 1.165) is 43.6 Å². The summed E-state index contributed by atoms with van der Waals surface area (Å²) in [6.07, 6.45) is 2.82. The van der Waals surface area contributed by atoms with Crippen LogP contribution in [-0.2, 0) is 11.8 Å². The number of hydrogen-bond donors (Lipinski definition) is 3. The summed E-state index contributed by atoms with van der Waals surface area (Å²) >= 11 is 0. The average Bonchev–Trinajstić information content (AvgIpc) is 2.86. The number of aryl methyl sites for hydroxylation is 1. The monoisotopic (exact) mass is 302 g/mol. The van der Waals surface area contributed by atoms with Crippen molar-refractivity contribution in [1.29, 1.82) is 5.26 Å². The fraction of sp³-hybridized carbons (Fsp3) is 0.625. The number of ether oxygens (including phenoxy) is 1. The Morgan fingerprint density at radius 3 is 3.00 bits per heavy atom. The number of hydrogen-bond acceptors (Lipinski definition) is 4. The van der Waals surface area contributed by atoms with Gasteiger partial charge >= 0.3 is 0 Å². The van der Waals surface area contributed by atoms with E-state index < -0.39 is 0 Å². The summed E-state index contributed by atoms with van der Waals surface area (Å²) in [5.74, 6) is 1.09. The smallest absolute Gasteiger partial charge is 0.244 e. The van der Waals surface area contributed by atoms with E-state index in [1.54, 1.807) is 0 Å². The fourth-order valence-corrected chi connectivity index (χ4v) is 4.18. The summed E-state index contributed by atoms with van der Waals surface area (Å²) in [5, 5.41) is 17.2. The van der Waals surface area contributed by atoms with E-state index in [9.17, 15) is 5.26 Å². The van der Waals surface area contributed by atoms with Gasteiger partial charge in [0.15, 0.2) is 0 Å². The molecule has 118 valence electrons. The molecule has 4 N–H and O–H groups in total. The number of nitriles is 1. The summed E-state index contributed by atoms with van der Waals surface area (Å²) in [5.41, 5.74) is 8.45. The van der Waals surface area contributed by atoms with Crippen LogP contribution in [0.3, 0.4) is 0 Å². The van der Waals surface area contributed by atoms with Gasteiger partial charge in [0.05, 0.1) is 25.6 Å². The number of likely N-dealkylation sites (tertiary alicyclic amines) is 1. The molecule has 3 rings (SSSR count). The van der Waals surface area contributed by atoms with Crippen molar-refractivity contribution in [3.63, 3.8) is 0 Å². The van der Waals surface area contributed by atoms with Crippen molar-refractivity contribution in [1.82, 2.24) is 10.2 Å². The topological polar surface area (TPSA) is 92.2 Å². The van der Waals surface area contributed by atoms with E-state index in [4.69, 9.17) is 10.5 Å². The molecule has 0 amide bonds. The number of piperidine rings is 1. The lowest BCUT2D eigenvalue weighted by atomic mass is 9.61. The van der Waals surface area contributed by atoms with Crippen LogP contribution in [-0.4, -0.2) is 30.3 Å². The van der Waals surface area contributed by atoms with Gasteiger partial charge in [0.2, 0.25) is 11.8 Å². The first kappa shape index (κ1) is 14.9. The average molecular weight is 302 g/mol. The molecule has 1 aromatic rings. The number of nitrogens with two attached hydrogens (primary N) is 1. The zero-order valence-corrected chi connectivity index (χ0v) is 13.5. The van der Waals surface area contributed by atoms with Crippen LogP contribution in [0.2, 0.25) is 0 Å². The number of fused-ring (bicyclic) bond motifs is 2. The zero-order chi connectivity index (χ0) is 15.9. The molecule has 6 nitrogen and oxygen atoms in total. The quantitative estimate of drug-likeness (QED) is 0.730. The van der Waals surface area contributed by atoms with Crippen LogP contribution in [0.4, 0.5) is 0 Å². The highest BCUT2D eigenvalue weighted by atomic mass is 16.5. The molecule has 2 aliphatic rings. The molecule has 0 aromatic carbocycles. The lowest BCUT2D eigenvalue weighted by molar-refractivity contribution is -0.890. The number of quaternary nitrogens is 1. The number of aromatic amines is 1. The molecule has 0 radical (unpaired) electrons. The summed E-state index contributed by atoms with van der Waals surface area (Å²) in [7, 11) is 2.20. The largest absolute Gasteiger partial charge is 0.420 e. The number of rotatable bonds is 2. The van der Waals surface area contributed by atoms with E-state index in [1.165, 1.54) is 4.90 Å². The minimum atomic E-state index is -0.358. The molecule has 3 unspecified atom stereocenters. The fourth-order valence-electron chi connectivity index (χ4n) is 4.18. The standard InChI is InChI=1S/C16H23N5O/c1-4-5-12-13-15(20-19-12)22-14(18)11(8-17)16(13)6-7-21(3)9-10(16)2/h10H,4-7,9,18H2,1-3H3,(H,19,20)/p+1. The van der Waals surface area contributed by atoms with Crippen LogP contribution in [0.5, 0.6) is 5.88 Å². The van der Waals surface area contributed by atoms with Gasteiger partial charge in [0.25, 0.3) is 0 Å². The molecule has 2 aliphatic heterocycles. The predicted molar refractivity (Wildman–Crippen MR) is 82.1 cm³/mol. The maximum atomic E-state index is 9.74. The van der Waals surface area contributed by atoms with E-state index in [2.05, 4.69) is 37.2 Å². The summed E-state index contributed by atoms with van der Waals surface area (Å²) < 4.78 is 5.65. The van der Waals surface area contributed by atoms with Crippen LogP contribution in [0.25, 0.3) is 0 Å². The molecule has 6 heteroatoms. The first-order chi connectivity index (χ1) is 10.5. The van der Waals surface area contributed by atoms with Gasteiger partial charge in [0.1, 0.15) is 11.6 Å². The molecular formula is C16H24N5O+. The number of allylic oxidation sites excluding steroid dienone is 1. The van der Waals surface area contributed by atoms with Gasteiger partial charge in [-0.25, -0.2) is 0 Å². The Morgan fingerprint density at radius 1 is 1.59 bits per heavy atom. The third-order valence-corrected chi connectivity index (χ3v) is 5.21. The van der Waals surface area contributed by atoms with Crippen LogP contribution in [0, 0.1) is 17.2 Å². The highest BCUT2D eigenvalue weighted by Crippen LogP contribution is 2.50. The highest BCUT2D eigenvalue weighted by molar-refractivity contribution is 5.55. The van der Waals surface area contributed by atoms with Crippen molar-refractivity contribution in [2.75, 3.05) is 20.1 Å². The normalized spacial score (nSPS) is 30.8. The molecule has 22 heavy (non-hydrogen) atoms. The molecule has 1 saturated heterocycles. The van der Waals surface area contributed by atoms with Crippen molar-refractivity contribution in [2.24, 2.45) is 11.7 Å². The maximum Gasteiger partial charge on any atom is 0.244 e. The molecular weight excluding hydrogens is 278 g/mol. The molecule has 0 bridgehead atoms. The molecule has 1 spiro atoms. The van der Waals surface area contributed by atoms with E-state index in [-0.39, 0.29) is 11.3 Å². The number of nitrogens with zero attached hydrogens (tertiary/aromatic N) is 2. The molecule has 0 aliphatic carbocycles. The van der Waals surface area contributed by atoms with Crippen LogP contribution in [0.15, 0.2) is 11.5 Å². The molecule has 3 atom stereocenters. The van der Waals surface area contributed by atoms with Gasteiger partial charge in [-0.2, -0.15) is 5.26 Å². The van der Waals surface area contributed by atoms with Crippen molar-refractivity contribution in [2.45, 2.75) is 38.5 Å². The third kappa shape index (κ3) is 1.92. The SMILES string of the molecule is CCCc1[nH]nc2c1C1(CC[NH+](C)CC1C)C(C#N)=C(N)O2. The second-order valence-electron chi connectivity index (χ2n) is 6.62. The van der Waals surface area contributed by atoms with E-state index >= 15 is 0 Å². The van der Waals surface area contributed by atoms with Gasteiger partial charge in [-0.15, -0.1) is 5.10 Å². The minimum absolute atomic E-state index is 0.218. The Hall–Kier alpha value is -2.00. The van der Waals surface area contributed by atoms with Crippen molar-refractivity contribution in [3.8, 4) is 11.9 Å². The first-order valence-corrected chi connectivity index (χ1v) is 8.01. The van der Waals surface area contributed by atoms with Gasteiger partial charge in [0, 0.05) is 23.6 Å². The maximum absolute atomic E-state index is 9.74. The van der Waals surface area contributed by atoms with E-state index in [1.807, 2.05) is 0 Å². The van der Waals surface area contributed by atoms with Crippen LogP contribution < -0.4 is 15.4 Å². The Morgan fingerprint density at radius 2 is 2.36 bits per heavy atom. The minimum Gasteiger partial charge on any atom is -0.420 e. The van der Waals surface area contributed by atoms with Crippen molar-refractivity contribution < 1.29 is 9.64 Å². The number of nitrogens with one attached hydrogen (secondary N) is 2. The molecule has 0 saturated carbocycles. The lowest BCUT2D eigenvalue weighted by Crippen LogP contribution is -3.11. The summed E-state index contributed by atoms with van der Waals surface area (Å²) in [6, 6.07) is 2.34. The van der Waals surface area contributed by atoms with Gasteiger partial charge < -0.3 is 15.4 Å². The summed E-state index contributed by atoms with van der Waals surface area (Å²) in [6.45, 7) is 6.37. The first-order valence-electron chi connectivity index (χ1n) is 8.01. The van der Waals surface area contributed by atoms with Gasteiger partial charge in [-0.3, -0.25) is 5.10 Å². The Kier molecular flexibility index (Phi) is 3.61. The van der Waals surface area contributed by atoms with Gasteiger partial charge in [-0.05, 0) is 6.42 Å². The Labute approximate surface area is 130 Å². The molecule has 1 fully saturated rings. The highest BCUT2D eigenvalue weighted by Gasteiger charge is 2.53. The number of H-pyrrole nitrogens is 1. The summed E-state index contributed by atoms with van der Waals surface area (Å²) in [4.78, 5) is 1.49. The second-order valence-corrected chi connectivity index (χ2v) is 6.62. The Balaban J connectivity index is 2.21. The third-order valence-electron chi connectivity index (χ3n) is 5.21. The van der Waals surface area contributed by atoms with Crippen molar-refractivity contribution in [3.05, 3.63) is 22.7 Å². The van der Waals surface area contributed by atoms with Crippen LogP contribution in [0.1, 0.15) is 37.9 Å².